The first kappa shape index (κ1) is 57.9. The fourth-order valence-corrected chi connectivity index (χ4v) is 7.84. The van der Waals surface area contributed by atoms with Crippen LogP contribution < -0.4 is 5.73 Å². The number of benzene rings is 4. The van der Waals surface area contributed by atoms with Gasteiger partial charge in [0.25, 0.3) is 0 Å². The molecule has 6 aromatic rings. The van der Waals surface area contributed by atoms with E-state index in [4.69, 9.17) is 46.0 Å². The number of amidine groups is 1. The molecule has 374 valence electrons. The van der Waals surface area contributed by atoms with Crippen molar-refractivity contribution in [3.05, 3.63) is 159 Å². The highest BCUT2D eigenvalue weighted by atomic mass is 28.4. The molecule has 4 aromatic carbocycles. The Hall–Kier alpha value is -6.46. The fourth-order valence-electron chi connectivity index (χ4n) is 5.75. The lowest BCUT2D eigenvalue weighted by molar-refractivity contribution is 0.292. The molecule has 18 heteroatoms. The molecule has 2 heterocycles. The van der Waals surface area contributed by atoms with Gasteiger partial charge in [-0.15, -0.1) is 0 Å². The summed E-state index contributed by atoms with van der Waals surface area (Å²) in [5, 5.41) is 31.9. The van der Waals surface area contributed by atoms with Crippen molar-refractivity contribution < 1.29 is 28.2 Å². The number of azide groups is 1. The van der Waals surface area contributed by atoms with Crippen molar-refractivity contribution in [3.63, 3.8) is 0 Å². The van der Waals surface area contributed by atoms with E-state index in [0.29, 0.717) is 42.1 Å². The third-order valence-electron chi connectivity index (χ3n) is 12.2. The van der Waals surface area contributed by atoms with Crippen molar-refractivity contribution in [1.82, 2.24) is 20.3 Å². The van der Waals surface area contributed by atoms with Crippen LogP contribution in [0.4, 0.5) is 5.69 Å². The van der Waals surface area contributed by atoms with E-state index in [-0.39, 0.29) is 22.5 Å². The lowest BCUT2D eigenvalue weighted by atomic mass is 10.1. The fraction of sp³-hybridized carbons (Fsp3) is 0.423. The first-order chi connectivity index (χ1) is 33.0. The van der Waals surface area contributed by atoms with Gasteiger partial charge in [-0.25, -0.2) is 4.85 Å². The summed E-state index contributed by atoms with van der Waals surface area (Å²) in [4.78, 5) is 14.3. The molecule has 70 heavy (non-hydrogen) atoms. The largest absolute Gasteiger partial charge is 0.416 e. The Morgan fingerprint density at radius 2 is 1.04 bits per heavy atom. The highest BCUT2D eigenvalue weighted by molar-refractivity contribution is 6.74. The number of hydrogen-bond acceptors (Lipinski definition) is 12. The average molecular weight is 989 g/mol. The van der Waals surface area contributed by atoms with Gasteiger partial charge in [0, 0.05) is 61.8 Å². The van der Waals surface area contributed by atoms with Crippen LogP contribution in [0.15, 0.2) is 116 Å². The number of hydrogen-bond donors (Lipinski definition) is 3. The Balaban J connectivity index is 0.000000253. The number of nitrogens with two attached hydrogens (primary N) is 1. The minimum Gasteiger partial charge on any atom is -0.416 e. The molecule has 0 fully saturated rings. The summed E-state index contributed by atoms with van der Waals surface area (Å²) < 4.78 is 22.3. The van der Waals surface area contributed by atoms with Crippen LogP contribution in [0.3, 0.4) is 0 Å². The monoisotopic (exact) mass is 989 g/mol. The Bertz CT molecular complexity index is 2590. The second kappa shape index (κ2) is 27.7. The smallest absolute Gasteiger partial charge is 0.223 e. The maximum absolute atomic E-state index is 8.61. The van der Waals surface area contributed by atoms with Gasteiger partial charge in [0.1, 0.15) is 0 Å². The molecule has 0 amide bonds. The number of aryl methyl sites for hydroxylation is 2. The summed E-state index contributed by atoms with van der Waals surface area (Å²) in [6.07, 6.45) is 3.20. The van der Waals surface area contributed by atoms with E-state index in [2.05, 4.69) is 120 Å². The van der Waals surface area contributed by atoms with Crippen molar-refractivity contribution >= 4 is 28.2 Å². The molecule has 0 saturated carbocycles. The van der Waals surface area contributed by atoms with Crippen molar-refractivity contribution in [2.75, 3.05) is 26.4 Å². The summed E-state index contributed by atoms with van der Waals surface area (Å²) in [6.45, 7) is 35.0. The van der Waals surface area contributed by atoms with Crippen molar-refractivity contribution in [2.24, 2.45) is 16.0 Å². The van der Waals surface area contributed by atoms with Gasteiger partial charge < -0.3 is 33.9 Å². The molecule has 0 spiro atoms. The van der Waals surface area contributed by atoms with Crippen LogP contribution in [0.2, 0.25) is 36.3 Å². The molecule has 0 atom stereocenters. The average Bonchev–Trinajstić information content (AvgIpc) is 3.97. The second-order valence-corrected chi connectivity index (χ2v) is 29.1. The Kier molecular flexibility index (Phi) is 22.9. The second-order valence-electron chi connectivity index (χ2n) is 19.5. The summed E-state index contributed by atoms with van der Waals surface area (Å²) in [6, 6.07) is 31.0. The molecule has 0 unspecified atom stereocenters. The van der Waals surface area contributed by atoms with Gasteiger partial charge in [-0.2, -0.15) is 9.97 Å². The Morgan fingerprint density at radius 3 is 1.39 bits per heavy atom. The van der Waals surface area contributed by atoms with Crippen LogP contribution in [-0.4, -0.2) is 79.4 Å². The van der Waals surface area contributed by atoms with Gasteiger partial charge in [0.05, 0.1) is 6.57 Å². The van der Waals surface area contributed by atoms with Crippen LogP contribution in [0.25, 0.3) is 38.1 Å². The van der Waals surface area contributed by atoms with E-state index >= 15 is 0 Å². The molecular weight excluding hydrogens is 917 g/mol. The van der Waals surface area contributed by atoms with E-state index < -0.39 is 16.6 Å². The van der Waals surface area contributed by atoms with Gasteiger partial charge in [-0.1, -0.05) is 159 Å². The number of aliphatic hydroxyl groups excluding tert-OH is 1. The van der Waals surface area contributed by atoms with Crippen LogP contribution in [0, 0.1) is 20.4 Å². The zero-order valence-electron chi connectivity index (χ0n) is 43.0. The number of oxime groups is 1. The number of nitrogens with zero attached hydrogens (tertiary/aromatic N) is 9. The van der Waals surface area contributed by atoms with Crippen molar-refractivity contribution in [1.29, 1.82) is 0 Å². The van der Waals surface area contributed by atoms with Gasteiger partial charge in [0.15, 0.2) is 28.2 Å². The van der Waals surface area contributed by atoms with Gasteiger partial charge in [-0.05, 0) is 89.7 Å². The van der Waals surface area contributed by atoms with Crippen LogP contribution in [0.1, 0.15) is 81.1 Å². The summed E-state index contributed by atoms with van der Waals surface area (Å²) in [5.41, 5.74) is 21.6. The quantitative estimate of drug-likeness (QED) is 0.00950. The zero-order valence-corrected chi connectivity index (χ0v) is 45.0. The lowest BCUT2D eigenvalue weighted by Crippen LogP contribution is -2.41. The third kappa shape index (κ3) is 19.5. The van der Waals surface area contributed by atoms with Gasteiger partial charge >= 0.3 is 0 Å². The summed E-state index contributed by atoms with van der Waals surface area (Å²) in [5.74, 6) is 2.49. The summed E-state index contributed by atoms with van der Waals surface area (Å²) >= 11 is 0. The third-order valence-corrected chi connectivity index (χ3v) is 21.3. The predicted molar refractivity (Wildman–Crippen MR) is 283 cm³/mol. The highest BCUT2D eigenvalue weighted by Gasteiger charge is 2.37. The first-order valence-electron chi connectivity index (χ1n) is 23.2. The van der Waals surface area contributed by atoms with E-state index in [1.807, 2.05) is 72.8 Å². The van der Waals surface area contributed by atoms with E-state index in [9.17, 15) is 0 Å². The minimum absolute atomic E-state index is 0.133. The SMILES string of the molecule is CC(C)(C)[Si](C)(C)OCCc1ccc(/C(N)=N/O)cc1.Cc1nc(-c2ccc(CCN=[N+]=[N-])cc2)no1.Cc1nc(-c2ccc(CCO[Si](C)(C)C(C)(C)C)cc2)no1.[C-]#[N+]c1ccc(CCO)cc1. The van der Waals surface area contributed by atoms with Crippen molar-refractivity contribution in [2.45, 2.75) is 117 Å². The lowest BCUT2D eigenvalue weighted by Gasteiger charge is -2.36. The topological polar surface area (TPSA) is 228 Å². The molecule has 0 aliphatic carbocycles. The van der Waals surface area contributed by atoms with E-state index in [1.54, 1.807) is 26.0 Å². The molecule has 0 saturated heterocycles. The highest BCUT2D eigenvalue weighted by Crippen LogP contribution is 2.37. The Morgan fingerprint density at radius 1 is 0.657 bits per heavy atom. The molecule has 6 rings (SSSR count). The standard InChI is InChI=1S/C17H26N2O2Si.C15H26N2O2Si.C11H11N5O.C9H9NO/c1-13-18-16(19-21-13)15-9-7-14(8-10-15)11-12-20-22(5,6)17(2,3)4;1-15(2,3)20(4,5)19-11-10-12-6-8-13(9-7-12)14(16)17-18;1-8-14-11(15-17-8)10-4-2-9(3-5-10)6-7-13-16-12;1-10-9-4-2-8(3-5-9)6-7-11/h7-10H,11-12H2,1-6H3;6-9,18H,10-11H2,1-5H3,(H2,16,17);2-5H,6-7H2,1H3;2-5,11H,6-7H2. The van der Waals surface area contributed by atoms with E-state index in [0.717, 1.165) is 60.3 Å². The summed E-state index contributed by atoms with van der Waals surface area (Å²) in [7, 11) is -3.32. The van der Waals surface area contributed by atoms with Crippen LogP contribution >= 0.6 is 0 Å². The molecule has 0 radical (unpaired) electrons. The van der Waals surface area contributed by atoms with Crippen LogP contribution in [-0.2, 0) is 34.5 Å². The molecule has 4 N–H and O–H groups in total. The number of rotatable bonds is 16. The maximum Gasteiger partial charge on any atom is 0.223 e. The number of aliphatic hydroxyl groups is 1. The predicted octanol–water partition coefficient (Wildman–Crippen LogP) is 12.6. The molecule has 0 aliphatic heterocycles. The molecular formula is C52H72N10O6Si2. The Labute approximate surface area is 416 Å². The van der Waals surface area contributed by atoms with Crippen LogP contribution in [0.5, 0.6) is 0 Å². The zero-order chi connectivity index (χ0) is 52.0. The molecule has 0 bridgehead atoms. The number of aromatic nitrogens is 4. The molecule has 2 aromatic heterocycles. The molecule has 0 aliphatic rings. The van der Waals surface area contributed by atoms with E-state index in [1.165, 1.54) is 11.1 Å². The normalized spacial score (nSPS) is 11.7. The minimum atomic E-state index is -1.67. The van der Waals surface area contributed by atoms with Gasteiger partial charge in [-0.3, -0.25) is 0 Å². The molecule has 16 nitrogen and oxygen atoms in total. The van der Waals surface area contributed by atoms with Gasteiger partial charge in [0.2, 0.25) is 23.4 Å². The maximum atomic E-state index is 8.61. The van der Waals surface area contributed by atoms with Crippen molar-refractivity contribution in [3.8, 4) is 22.8 Å². The first-order valence-corrected chi connectivity index (χ1v) is 29.1.